The number of carbonyl (C=O) groups is 1. The maximum Gasteiger partial charge on any atom is 0.358 e. The van der Waals surface area contributed by atoms with Crippen LogP contribution in [0.15, 0.2) is 10.6 Å². The van der Waals surface area contributed by atoms with Gasteiger partial charge in [-0.2, -0.15) is 0 Å². The molecule has 0 saturated heterocycles. The van der Waals surface area contributed by atoms with E-state index in [1.807, 2.05) is 0 Å². The van der Waals surface area contributed by atoms with Gasteiger partial charge in [0.05, 0.1) is 0 Å². The summed E-state index contributed by atoms with van der Waals surface area (Å²) in [4.78, 5) is 10.1. The number of carboxylic acids is 1. The van der Waals surface area contributed by atoms with Crippen molar-refractivity contribution in [2.75, 3.05) is 0 Å². The fourth-order valence-corrected chi connectivity index (χ4v) is 0.477. The first-order chi connectivity index (χ1) is 4.74. The molecule has 1 N–H and O–H groups in total. The molecule has 0 aliphatic rings. The minimum atomic E-state index is -1.22. The molecule has 1 aromatic rings. The van der Waals surface area contributed by atoms with Gasteiger partial charge in [0.1, 0.15) is 6.67 Å². The topological polar surface area (TPSA) is 63.3 Å². The third-order valence-electron chi connectivity index (χ3n) is 0.910. The summed E-state index contributed by atoms with van der Waals surface area (Å²) < 4.78 is 15.9. The van der Waals surface area contributed by atoms with Crippen molar-refractivity contribution in [3.63, 3.8) is 0 Å². The summed E-state index contributed by atoms with van der Waals surface area (Å²) in [6.07, 6.45) is 0. The Labute approximate surface area is 55.2 Å². The van der Waals surface area contributed by atoms with Crippen LogP contribution in [-0.2, 0) is 6.67 Å². The first-order valence-corrected chi connectivity index (χ1v) is 2.49. The number of hydrogen-bond acceptors (Lipinski definition) is 3. The summed E-state index contributed by atoms with van der Waals surface area (Å²) in [6.45, 7) is -0.833. The van der Waals surface area contributed by atoms with Crippen LogP contribution in [0.5, 0.6) is 0 Å². The molecule has 0 radical (unpaired) electrons. The normalized spacial score (nSPS) is 9.70. The molecule has 1 heterocycles. The highest BCUT2D eigenvalue weighted by atomic mass is 19.1. The number of aromatic carboxylic acids is 1. The molecule has 0 aromatic carbocycles. The van der Waals surface area contributed by atoms with E-state index in [4.69, 9.17) is 5.11 Å². The molecular weight excluding hydrogens is 141 g/mol. The van der Waals surface area contributed by atoms with Gasteiger partial charge in [-0.1, -0.05) is 5.16 Å². The van der Waals surface area contributed by atoms with E-state index in [1.54, 1.807) is 0 Å². The number of rotatable bonds is 2. The Bertz CT molecular complexity index is 245. The van der Waals surface area contributed by atoms with Crippen molar-refractivity contribution in [1.82, 2.24) is 5.16 Å². The Kier molecular flexibility index (Phi) is 1.66. The Morgan fingerprint density at radius 3 is 2.90 bits per heavy atom. The Morgan fingerprint density at radius 2 is 2.60 bits per heavy atom. The standard InChI is InChI=1S/C5H4FNO3/c6-2-3-1-4(5(8)9)7-10-3/h1H,2H2,(H,8,9). The second kappa shape index (κ2) is 2.47. The molecule has 54 valence electrons. The van der Waals surface area contributed by atoms with E-state index in [-0.39, 0.29) is 11.5 Å². The van der Waals surface area contributed by atoms with Crippen LogP contribution in [0.2, 0.25) is 0 Å². The fraction of sp³-hybridized carbons (Fsp3) is 0.200. The molecule has 0 amide bonds. The van der Waals surface area contributed by atoms with E-state index in [1.165, 1.54) is 0 Å². The third-order valence-corrected chi connectivity index (χ3v) is 0.910. The highest BCUT2D eigenvalue weighted by molar-refractivity contribution is 5.85. The van der Waals surface area contributed by atoms with Crippen molar-refractivity contribution in [3.05, 3.63) is 17.5 Å². The van der Waals surface area contributed by atoms with Crippen LogP contribution < -0.4 is 0 Å². The molecule has 0 spiro atoms. The van der Waals surface area contributed by atoms with Crippen molar-refractivity contribution in [1.29, 1.82) is 0 Å². The van der Waals surface area contributed by atoms with Crippen LogP contribution in [-0.4, -0.2) is 16.2 Å². The minimum Gasteiger partial charge on any atom is -0.476 e. The van der Waals surface area contributed by atoms with Gasteiger partial charge in [-0.3, -0.25) is 0 Å². The van der Waals surface area contributed by atoms with Gasteiger partial charge in [0.15, 0.2) is 11.5 Å². The lowest BCUT2D eigenvalue weighted by molar-refractivity contribution is 0.0685. The van der Waals surface area contributed by atoms with E-state index in [0.717, 1.165) is 6.07 Å². The van der Waals surface area contributed by atoms with Crippen LogP contribution in [0.25, 0.3) is 0 Å². The van der Waals surface area contributed by atoms with Gasteiger partial charge < -0.3 is 9.63 Å². The van der Waals surface area contributed by atoms with Gasteiger partial charge in [0, 0.05) is 6.07 Å². The molecule has 5 heteroatoms. The quantitative estimate of drug-likeness (QED) is 0.669. The van der Waals surface area contributed by atoms with E-state index in [2.05, 4.69) is 9.68 Å². The molecular formula is C5H4FNO3. The molecule has 4 nitrogen and oxygen atoms in total. The first kappa shape index (κ1) is 6.73. The molecule has 0 aliphatic carbocycles. The zero-order chi connectivity index (χ0) is 7.56. The van der Waals surface area contributed by atoms with Crippen molar-refractivity contribution in [2.24, 2.45) is 0 Å². The van der Waals surface area contributed by atoms with E-state index < -0.39 is 12.6 Å². The number of alkyl halides is 1. The lowest BCUT2D eigenvalue weighted by Crippen LogP contribution is -1.94. The largest absolute Gasteiger partial charge is 0.476 e. The van der Waals surface area contributed by atoms with Gasteiger partial charge in [-0.25, -0.2) is 9.18 Å². The van der Waals surface area contributed by atoms with E-state index >= 15 is 0 Å². The molecule has 0 unspecified atom stereocenters. The van der Waals surface area contributed by atoms with Crippen molar-refractivity contribution >= 4 is 5.97 Å². The van der Waals surface area contributed by atoms with Crippen LogP contribution in [0.4, 0.5) is 4.39 Å². The average molecular weight is 145 g/mol. The lowest BCUT2D eigenvalue weighted by atomic mass is 10.4. The fourth-order valence-electron chi connectivity index (χ4n) is 0.477. The van der Waals surface area contributed by atoms with Gasteiger partial charge in [0.25, 0.3) is 0 Å². The molecule has 0 fully saturated rings. The number of nitrogens with zero attached hydrogens (tertiary/aromatic N) is 1. The first-order valence-electron chi connectivity index (χ1n) is 2.49. The molecule has 0 saturated carbocycles. The van der Waals surface area contributed by atoms with Gasteiger partial charge >= 0.3 is 5.97 Å². The molecule has 0 bridgehead atoms. The summed E-state index contributed by atoms with van der Waals surface area (Å²) in [5.41, 5.74) is -0.271. The average Bonchev–Trinajstić information content (AvgIpc) is 2.34. The van der Waals surface area contributed by atoms with Crippen molar-refractivity contribution in [2.45, 2.75) is 6.67 Å². The zero-order valence-corrected chi connectivity index (χ0v) is 4.87. The second-order valence-electron chi connectivity index (χ2n) is 1.62. The Balaban J connectivity index is 2.88. The maximum absolute atomic E-state index is 11.7. The van der Waals surface area contributed by atoms with Gasteiger partial charge in [-0.05, 0) is 0 Å². The van der Waals surface area contributed by atoms with Crippen LogP contribution in [0.3, 0.4) is 0 Å². The van der Waals surface area contributed by atoms with Gasteiger partial charge in [0.2, 0.25) is 0 Å². The van der Waals surface area contributed by atoms with Crippen LogP contribution in [0, 0.1) is 0 Å². The SMILES string of the molecule is O=C(O)c1cc(CF)on1. The van der Waals surface area contributed by atoms with Crippen molar-refractivity contribution < 1.29 is 18.8 Å². The van der Waals surface area contributed by atoms with Crippen LogP contribution >= 0.6 is 0 Å². The van der Waals surface area contributed by atoms with Crippen LogP contribution in [0.1, 0.15) is 16.2 Å². The summed E-state index contributed by atoms with van der Waals surface area (Å²) >= 11 is 0. The minimum absolute atomic E-state index is 0.0719. The second-order valence-corrected chi connectivity index (χ2v) is 1.62. The predicted octanol–water partition coefficient (Wildman–Crippen LogP) is 0.842. The highest BCUT2D eigenvalue weighted by Gasteiger charge is 2.09. The summed E-state index contributed by atoms with van der Waals surface area (Å²) in [5.74, 6) is -1.29. The summed E-state index contributed by atoms with van der Waals surface area (Å²) in [6, 6.07) is 1.04. The van der Waals surface area contributed by atoms with Crippen molar-refractivity contribution in [3.8, 4) is 0 Å². The molecule has 0 aliphatic heterocycles. The lowest BCUT2D eigenvalue weighted by Gasteiger charge is -1.76. The molecule has 10 heavy (non-hydrogen) atoms. The number of hydrogen-bond donors (Lipinski definition) is 1. The number of halogens is 1. The van der Waals surface area contributed by atoms with E-state index in [9.17, 15) is 9.18 Å². The number of aromatic nitrogens is 1. The summed E-state index contributed by atoms with van der Waals surface area (Å²) in [7, 11) is 0. The Hall–Kier alpha value is -1.39. The smallest absolute Gasteiger partial charge is 0.358 e. The monoisotopic (exact) mass is 145 g/mol. The van der Waals surface area contributed by atoms with E-state index in [0.29, 0.717) is 0 Å². The summed E-state index contributed by atoms with van der Waals surface area (Å²) in [5, 5.41) is 11.3. The molecule has 0 atom stereocenters. The predicted molar refractivity (Wildman–Crippen MR) is 28.3 cm³/mol. The molecule has 1 aromatic heterocycles. The Morgan fingerprint density at radius 1 is 1.90 bits per heavy atom. The molecule has 1 rings (SSSR count). The zero-order valence-electron chi connectivity index (χ0n) is 4.87. The maximum atomic E-state index is 11.7. The van der Waals surface area contributed by atoms with Gasteiger partial charge in [-0.15, -0.1) is 0 Å². The number of carboxylic acid groups (broad SMARTS) is 1. The highest BCUT2D eigenvalue weighted by Crippen LogP contribution is 2.03. The third kappa shape index (κ3) is 1.12.